The van der Waals surface area contributed by atoms with Crippen molar-refractivity contribution in [3.8, 4) is 0 Å². The number of hydrogen-bond donors (Lipinski definition) is 2. The van der Waals surface area contributed by atoms with E-state index in [0.29, 0.717) is 16.0 Å². The summed E-state index contributed by atoms with van der Waals surface area (Å²) in [5, 5.41) is 7.48. The van der Waals surface area contributed by atoms with Gasteiger partial charge in [-0.05, 0) is 63.4 Å². The van der Waals surface area contributed by atoms with Gasteiger partial charge in [-0.2, -0.15) is 0 Å². The molecular weight excluding hydrogens is 375 g/mol. The number of amides is 1. The molecule has 0 radical (unpaired) electrons. The average Bonchev–Trinajstić information content (AvgIpc) is 2.52. The second kappa shape index (κ2) is 10.7. The lowest BCUT2D eigenvalue weighted by Gasteiger charge is -2.23. The number of nitrogens with one attached hydrogen (secondary N) is 2. The summed E-state index contributed by atoms with van der Waals surface area (Å²) in [4.78, 5) is 13.0. The van der Waals surface area contributed by atoms with Crippen LogP contribution in [-0.2, 0) is 4.79 Å². The van der Waals surface area contributed by atoms with Crippen LogP contribution in [-0.4, -0.2) is 30.8 Å². The fraction of sp³-hybridized carbons (Fsp3) is 0.562. The predicted octanol–water partition coefficient (Wildman–Crippen LogP) is 4.40. The van der Waals surface area contributed by atoms with Crippen LogP contribution in [0.15, 0.2) is 23.1 Å². The van der Waals surface area contributed by atoms with E-state index in [1.54, 1.807) is 18.2 Å². The Kier molecular flexibility index (Phi) is 9.71. The van der Waals surface area contributed by atoms with Crippen LogP contribution in [0.1, 0.15) is 26.2 Å². The third kappa shape index (κ3) is 7.10. The van der Waals surface area contributed by atoms with Gasteiger partial charge in [0.05, 0.1) is 10.3 Å². The fourth-order valence-electron chi connectivity index (χ4n) is 2.53. The molecular formula is C16H23Cl3N2OS. The Balaban J connectivity index is 0.00000264. The van der Waals surface area contributed by atoms with Crippen LogP contribution in [0, 0.1) is 5.92 Å². The maximum Gasteiger partial charge on any atom is 0.233 e. The molecule has 1 amide bonds. The van der Waals surface area contributed by atoms with Crippen LogP contribution in [0.25, 0.3) is 0 Å². The summed E-state index contributed by atoms with van der Waals surface area (Å²) in [7, 11) is 0. The van der Waals surface area contributed by atoms with Gasteiger partial charge in [-0.15, -0.1) is 24.2 Å². The third-order valence-corrected chi connectivity index (χ3v) is 5.65. The van der Waals surface area contributed by atoms with Crippen LogP contribution < -0.4 is 10.6 Å². The van der Waals surface area contributed by atoms with Gasteiger partial charge >= 0.3 is 0 Å². The van der Waals surface area contributed by atoms with Gasteiger partial charge in [-0.1, -0.05) is 23.2 Å². The average molecular weight is 398 g/mol. The zero-order valence-corrected chi connectivity index (χ0v) is 16.3. The number of thioether (sulfide) groups is 1. The minimum absolute atomic E-state index is 0. The second-order valence-corrected chi connectivity index (χ2v) is 7.85. The van der Waals surface area contributed by atoms with Crippen LogP contribution in [0.2, 0.25) is 10.0 Å². The lowest BCUT2D eigenvalue weighted by molar-refractivity contribution is -0.120. The molecule has 2 unspecified atom stereocenters. The first kappa shape index (κ1) is 20.9. The van der Waals surface area contributed by atoms with E-state index in [-0.39, 0.29) is 23.6 Å². The molecule has 7 heteroatoms. The first-order chi connectivity index (χ1) is 10.6. The summed E-state index contributed by atoms with van der Waals surface area (Å²) in [5.41, 5.74) is 0. The predicted molar refractivity (Wildman–Crippen MR) is 102 cm³/mol. The molecule has 0 aliphatic carbocycles. The molecule has 1 aliphatic rings. The number of halogens is 3. The quantitative estimate of drug-likeness (QED) is 0.699. The van der Waals surface area contributed by atoms with Gasteiger partial charge in [0.25, 0.3) is 0 Å². The molecule has 1 aromatic rings. The number of hydrogen-bond acceptors (Lipinski definition) is 3. The van der Waals surface area contributed by atoms with Crippen LogP contribution in [0.4, 0.5) is 0 Å². The van der Waals surface area contributed by atoms with Gasteiger partial charge in [0.2, 0.25) is 5.91 Å². The van der Waals surface area contributed by atoms with Gasteiger partial charge < -0.3 is 10.6 Å². The summed E-state index contributed by atoms with van der Waals surface area (Å²) in [6.45, 7) is 4.81. The Morgan fingerprint density at radius 1 is 1.48 bits per heavy atom. The Morgan fingerprint density at radius 2 is 2.26 bits per heavy atom. The topological polar surface area (TPSA) is 41.1 Å². The van der Waals surface area contributed by atoms with Gasteiger partial charge in [-0.25, -0.2) is 0 Å². The summed E-state index contributed by atoms with van der Waals surface area (Å²) in [6.07, 6.45) is 3.53. The van der Waals surface area contributed by atoms with Crippen LogP contribution in [0.5, 0.6) is 0 Å². The largest absolute Gasteiger partial charge is 0.355 e. The number of piperidine rings is 1. The van der Waals surface area contributed by atoms with Gasteiger partial charge in [0, 0.05) is 16.5 Å². The first-order valence-corrected chi connectivity index (χ1v) is 9.30. The standard InChI is InChI=1S/C16H22Cl2N2OS.ClH/c1-11(22-15-9-13(17)4-5-14(15)18)16(21)20-8-6-12-3-2-7-19-10-12;/h4-5,9,11-12,19H,2-3,6-8,10H2,1H3,(H,20,21);1H. The molecule has 2 atom stereocenters. The van der Waals surface area contributed by atoms with Crippen LogP contribution in [0.3, 0.4) is 0 Å². The molecule has 2 N–H and O–H groups in total. The van der Waals surface area contributed by atoms with E-state index in [9.17, 15) is 4.79 Å². The van der Waals surface area contributed by atoms with Crippen LogP contribution >= 0.6 is 47.4 Å². The van der Waals surface area contributed by atoms with E-state index in [2.05, 4.69) is 10.6 Å². The fourth-order valence-corrected chi connectivity index (χ4v) is 3.96. The molecule has 0 saturated carbocycles. The number of benzene rings is 1. The Hall–Kier alpha value is -0.130. The maximum atomic E-state index is 12.2. The van der Waals surface area contributed by atoms with E-state index >= 15 is 0 Å². The second-order valence-electron chi connectivity index (χ2n) is 5.63. The lowest BCUT2D eigenvalue weighted by atomic mass is 9.96. The molecule has 0 spiro atoms. The maximum absolute atomic E-state index is 12.2. The molecule has 3 nitrogen and oxygen atoms in total. The molecule has 1 aliphatic heterocycles. The van der Waals surface area contributed by atoms with Crippen molar-refractivity contribution in [3.05, 3.63) is 28.2 Å². The normalized spacial score (nSPS) is 18.8. The Morgan fingerprint density at radius 3 is 2.96 bits per heavy atom. The van der Waals surface area contributed by atoms with Gasteiger partial charge in [0.15, 0.2) is 0 Å². The number of rotatable bonds is 6. The SMILES string of the molecule is CC(Sc1cc(Cl)ccc1Cl)C(=O)NCCC1CCCNC1.Cl. The first-order valence-electron chi connectivity index (χ1n) is 7.66. The van der Waals surface area contributed by atoms with Crippen molar-refractivity contribution < 1.29 is 4.79 Å². The van der Waals surface area contributed by atoms with Crippen molar-refractivity contribution in [1.29, 1.82) is 0 Å². The monoisotopic (exact) mass is 396 g/mol. The van der Waals surface area contributed by atoms with Crippen molar-refractivity contribution in [3.63, 3.8) is 0 Å². The molecule has 23 heavy (non-hydrogen) atoms. The molecule has 130 valence electrons. The highest BCUT2D eigenvalue weighted by Crippen LogP contribution is 2.32. The molecule has 1 fully saturated rings. The number of carbonyl (C=O) groups is 1. The van der Waals surface area contributed by atoms with Crippen molar-refractivity contribution in [2.75, 3.05) is 19.6 Å². The highest BCUT2D eigenvalue weighted by Gasteiger charge is 2.17. The zero-order valence-electron chi connectivity index (χ0n) is 13.1. The molecule has 0 aromatic heterocycles. The lowest BCUT2D eigenvalue weighted by Crippen LogP contribution is -2.35. The van der Waals surface area contributed by atoms with Crippen molar-refractivity contribution >= 4 is 53.3 Å². The minimum Gasteiger partial charge on any atom is -0.355 e. The van der Waals surface area contributed by atoms with E-state index in [0.717, 1.165) is 31.0 Å². The third-order valence-electron chi connectivity index (χ3n) is 3.82. The highest BCUT2D eigenvalue weighted by atomic mass is 35.5. The number of carbonyl (C=O) groups excluding carboxylic acids is 1. The summed E-state index contributed by atoms with van der Waals surface area (Å²) in [5.74, 6) is 0.726. The summed E-state index contributed by atoms with van der Waals surface area (Å²) >= 11 is 13.5. The van der Waals surface area contributed by atoms with Gasteiger partial charge in [0.1, 0.15) is 0 Å². The summed E-state index contributed by atoms with van der Waals surface area (Å²) < 4.78 is 0. The molecule has 0 bridgehead atoms. The zero-order chi connectivity index (χ0) is 15.9. The molecule has 2 rings (SSSR count). The smallest absolute Gasteiger partial charge is 0.233 e. The van der Waals surface area contributed by atoms with E-state index in [4.69, 9.17) is 23.2 Å². The van der Waals surface area contributed by atoms with Crippen molar-refractivity contribution in [1.82, 2.24) is 10.6 Å². The highest BCUT2D eigenvalue weighted by molar-refractivity contribution is 8.00. The van der Waals surface area contributed by atoms with E-state index < -0.39 is 0 Å². The summed E-state index contributed by atoms with van der Waals surface area (Å²) in [6, 6.07) is 5.30. The Labute approximate surface area is 158 Å². The Bertz CT molecular complexity index is 510. The van der Waals surface area contributed by atoms with Crippen molar-refractivity contribution in [2.24, 2.45) is 5.92 Å². The molecule has 1 saturated heterocycles. The van der Waals surface area contributed by atoms with E-state index in [1.807, 2.05) is 6.92 Å². The molecule has 1 heterocycles. The van der Waals surface area contributed by atoms with E-state index in [1.165, 1.54) is 24.6 Å². The van der Waals surface area contributed by atoms with Gasteiger partial charge in [-0.3, -0.25) is 4.79 Å². The molecule has 1 aromatic carbocycles. The minimum atomic E-state index is -0.194. The van der Waals surface area contributed by atoms with Crippen molar-refractivity contribution in [2.45, 2.75) is 36.3 Å².